The summed E-state index contributed by atoms with van der Waals surface area (Å²) in [7, 11) is 0.772. The third-order valence-corrected chi connectivity index (χ3v) is 8.25. The van der Waals surface area contributed by atoms with Crippen LogP contribution in [0.3, 0.4) is 0 Å². The molecule has 0 rings (SSSR count). The van der Waals surface area contributed by atoms with Crippen LogP contribution in [0.15, 0.2) is 0 Å². The average molecular weight is 377 g/mol. The Kier molecular flexibility index (Phi) is 12.5. The van der Waals surface area contributed by atoms with Gasteiger partial charge >= 0.3 is 8.56 Å². The molecule has 0 aliphatic carbocycles. The first-order valence-corrected chi connectivity index (χ1v) is 12.2. The third kappa shape index (κ3) is 11.4. The number of methoxy groups -OCH3 is 2. The highest BCUT2D eigenvalue weighted by atomic mass is 28.4. The van der Waals surface area contributed by atoms with Crippen LogP contribution in [0.2, 0.25) is 12.1 Å². The second kappa shape index (κ2) is 12.4. The Morgan fingerprint density at radius 1 is 0.600 bits per heavy atom. The normalized spacial score (nSPS) is 13.4. The van der Waals surface area contributed by atoms with E-state index in [-0.39, 0.29) is 6.10 Å². The summed E-state index contributed by atoms with van der Waals surface area (Å²) in [4.78, 5) is 0. The number of hydrogen-bond acceptors (Lipinski definition) is 4. The fourth-order valence-corrected chi connectivity index (χ4v) is 7.90. The van der Waals surface area contributed by atoms with Crippen molar-refractivity contribution in [1.82, 2.24) is 0 Å². The van der Waals surface area contributed by atoms with E-state index in [0.29, 0.717) is 23.7 Å². The summed E-state index contributed by atoms with van der Waals surface area (Å²) in [6.45, 7) is 17.4. The van der Waals surface area contributed by atoms with Gasteiger partial charge in [0.15, 0.2) is 0 Å². The first-order chi connectivity index (χ1) is 11.5. The van der Waals surface area contributed by atoms with Crippen LogP contribution in [0.25, 0.3) is 0 Å². The highest BCUT2D eigenvalue weighted by Gasteiger charge is 2.44. The van der Waals surface area contributed by atoms with Crippen LogP contribution < -0.4 is 0 Å². The fourth-order valence-electron chi connectivity index (χ4n) is 3.46. The molecule has 0 bridgehead atoms. The van der Waals surface area contributed by atoms with E-state index in [1.807, 2.05) is 0 Å². The molecule has 0 spiro atoms. The van der Waals surface area contributed by atoms with Crippen molar-refractivity contribution in [3.05, 3.63) is 0 Å². The van der Waals surface area contributed by atoms with Gasteiger partial charge in [-0.05, 0) is 48.6 Å². The topological polar surface area (TPSA) is 36.9 Å². The molecule has 0 unspecified atom stereocenters. The molecule has 0 saturated heterocycles. The van der Waals surface area contributed by atoms with E-state index in [2.05, 4.69) is 55.4 Å². The lowest BCUT2D eigenvalue weighted by Crippen LogP contribution is -2.50. The van der Waals surface area contributed by atoms with E-state index < -0.39 is 15.0 Å². The van der Waals surface area contributed by atoms with E-state index in [1.165, 1.54) is 0 Å². The zero-order chi connectivity index (χ0) is 19.6. The lowest BCUT2D eigenvalue weighted by atomic mass is 9.98. The van der Waals surface area contributed by atoms with Crippen LogP contribution in [0.4, 0.5) is 0 Å². The van der Waals surface area contributed by atoms with Crippen LogP contribution in [-0.2, 0) is 18.3 Å². The molecule has 4 nitrogen and oxygen atoms in total. The lowest BCUT2D eigenvalue weighted by molar-refractivity contribution is -0.234. The van der Waals surface area contributed by atoms with Crippen LogP contribution in [0.1, 0.15) is 68.2 Å². The summed E-state index contributed by atoms with van der Waals surface area (Å²) in [5.74, 6) is 2.24. The van der Waals surface area contributed by atoms with Crippen molar-refractivity contribution in [3.63, 3.8) is 0 Å². The molecule has 0 aliphatic heterocycles. The summed E-state index contributed by atoms with van der Waals surface area (Å²) < 4.78 is 24.0. The van der Waals surface area contributed by atoms with E-state index in [0.717, 1.165) is 24.9 Å². The van der Waals surface area contributed by atoms with Crippen LogP contribution in [-0.4, -0.2) is 35.4 Å². The molecule has 0 radical (unpaired) electrons. The molecule has 0 N–H and O–H groups in total. The van der Waals surface area contributed by atoms with Crippen LogP contribution in [0.5, 0.6) is 0 Å². The van der Waals surface area contributed by atoms with E-state index in [9.17, 15) is 0 Å². The molecular weight excluding hydrogens is 332 g/mol. The number of rotatable bonds is 14. The first-order valence-electron chi connectivity index (χ1n) is 9.94. The Balaban J connectivity index is 5.57. The van der Waals surface area contributed by atoms with Crippen LogP contribution >= 0.6 is 0 Å². The summed E-state index contributed by atoms with van der Waals surface area (Å²) in [6, 6.07) is 1.92. The van der Waals surface area contributed by atoms with Crippen molar-refractivity contribution >= 4 is 8.56 Å². The zero-order valence-corrected chi connectivity index (χ0v) is 19.4. The summed E-state index contributed by atoms with van der Waals surface area (Å²) >= 11 is 0. The predicted octanol–water partition coefficient (Wildman–Crippen LogP) is 5.81. The minimum absolute atomic E-state index is 0.235. The van der Waals surface area contributed by atoms with Gasteiger partial charge < -0.3 is 18.3 Å². The maximum absolute atomic E-state index is 6.87. The van der Waals surface area contributed by atoms with Gasteiger partial charge in [0.1, 0.15) is 0 Å². The lowest BCUT2D eigenvalue weighted by Gasteiger charge is -2.39. The third-order valence-electron chi connectivity index (χ3n) is 3.98. The Bertz CT molecular complexity index is 308. The maximum atomic E-state index is 6.87. The quantitative estimate of drug-likeness (QED) is 0.283. The molecule has 0 aromatic carbocycles. The number of hydrogen-bond donors (Lipinski definition) is 0. The largest absolute Gasteiger partial charge is 0.391 e. The first kappa shape index (κ1) is 25.1. The SMILES string of the molecule is COC(OC)O[Si](CC(C)C)(CC(C)C)OC(CC(C)C)CC(C)C. The zero-order valence-electron chi connectivity index (χ0n) is 18.4. The molecule has 0 heterocycles. The molecular formula is C20H44O4Si. The van der Waals surface area contributed by atoms with Crippen molar-refractivity contribution in [2.75, 3.05) is 14.2 Å². The van der Waals surface area contributed by atoms with E-state index >= 15 is 0 Å². The Labute approximate surface area is 158 Å². The molecule has 152 valence electrons. The minimum Gasteiger partial charge on any atom is -0.391 e. The highest BCUT2D eigenvalue weighted by Crippen LogP contribution is 2.33. The van der Waals surface area contributed by atoms with E-state index in [4.69, 9.17) is 18.3 Å². The molecule has 25 heavy (non-hydrogen) atoms. The van der Waals surface area contributed by atoms with Crippen molar-refractivity contribution in [1.29, 1.82) is 0 Å². The van der Waals surface area contributed by atoms with Crippen molar-refractivity contribution in [3.8, 4) is 0 Å². The van der Waals surface area contributed by atoms with Gasteiger partial charge in [-0.2, -0.15) is 0 Å². The van der Waals surface area contributed by atoms with Gasteiger partial charge in [-0.1, -0.05) is 55.4 Å². The van der Waals surface area contributed by atoms with Gasteiger partial charge in [-0.15, -0.1) is 0 Å². The second-order valence-corrected chi connectivity index (χ2v) is 12.1. The average Bonchev–Trinajstić information content (AvgIpc) is 2.41. The van der Waals surface area contributed by atoms with Crippen molar-refractivity contribution in [2.45, 2.75) is 92.9 Å². The van der Waals surface area contributed by atoms with Crippen molar-refractivity contribution < 1.29 is 18.3 Å². The van der Waals surface area contributed by atoms with Crippen molar-refractivity contribution in [2.24, 2.45) is 23.7 Å². The molecule has 0 aliphatic rings. The molecule has 0 saturated carbocycles. The molecule has 0 fully saturated rings. The van der Waals surface area contributed by atoms with Gasteiger partial charge in [-0.25, -0.2) is 0 Å². The van der Waals surface area contributed by atoms with E-state index in [1.54, 1.807) is 14.2 Å². The van der Waals surface area contributed by atoms with Gasteiger partial charge in [0.2, 0.25) is 0 Å². The van der Waals surface area contributed by atoms with Gasteiger partial charge in [0.05, 0.1) is 0 Å². The Morgan fingerprint density at radius 3 is 1.28 bits per heavy atom. The monoisotopic (exact) mass is 376 g/mol. The van der Waals surface area contributed by atoms with Gasteiger partial charge in [0, 0.05) is 20.3 Å². The molecule has 5 heteroatoms. The van der Waals surface area contributed by atoms with Gasteiger partial charge in [-0.3, -0.25) is 0 Å². The standard InChI is InChI=1S/C20H44O4Si/c1-15(2)11-19(12-16(3)4)23-25(13-17(5)6,14-18(7)8)24-20(21-9)22-10/h15-20H,11-14H2,1-10H3. The fraction of sp³-hybridized carbons (Fsp3) is 1.00. The van der Waals surface area contributed by atoms with Crippen LogP contribution in [0, 0.1) is 23.7 Å². The minimum atomic E-state index is -2.47. The predicted molar refractivity (Wildman–Crippen MR) is 108 cm³/mol. The Morgan fingerprint density at radius 2 is 1.00 bits per heavy atom. The number of ether oxygens (including phenoxy) is 2. The maximum Gasteiger partial charge on any atom is 0.343 e. The molecule has 0 amide bonds. The van der Waals surface area contributed by atoms with Gasteiger partial charge in [0.25, 0.3) is 6.48 Å². The molecule has 0 aromatic heterocycles. The smallest absolute Gasteiger partial charge is 0.343 e. The summed E-state index contributed by atoms with van der Waals surface area (Å²) in [5.41, 5.74) is 0. The highest BCUT2D eigenvalue weighted by molar-refractivity contribution is 6.67. The molecule has 0 atom stereocenters. The second-order valence-electron chi connectivity index (χ2n) is 8.98. The summed E-state index contributed by atoms with van der Waals surface area (Å²) in [5, 5.41) is 0. The Hall–Kier alpha value is 0.0569. The molecule has 0 aromatic rings. The summed E-state index contributed by atoms with van der Waals surface area (Å²) in [6.07, 6.45) is 2.37.